The average Bonchev–Trinajstić information content (AvgIpc) is 2.37. The smallest absolute Gasteiger partial charge is 0.239 e. The molecule has 1 aromatic carbocycles. The summed E-state index contributed by atoms with van der Waals surface area (Å²) >= 11 is 0. The Labute approximate surface area is 113 Å². The van der Waals surface area contributed by atoms with Crippen molar-refractivity contribution in [3.05, 3.63) is 24.3 Å². The van der Waals surface area contributed by atoms with Crippen LogP contribution in [0.4, 0.5) is 11.8 Å². The molecule has 5 nitrogen and oxygen atoms in total. The van der Waals surface area contributed by atoms with Crippen LogP contribution in [0.5, 0.6) is 0 Å². The number of nitrogens with zero attached hydrogens (tertiary/aromatic N) is 2. The number of anilines is 2. The Kier molecular flexibility index (Phi) is 4.16. The first kappa shape index (κ1) is 13.5. The zero-order valence-corrected chi connectivity index (χ0v) is 11.6. The van der Waals surface area contributed by atoms with Crippen LogP contribution in [0.1, 0.15) is 27.2 Å². The van der Waals surface area contributed by atoms with Gasteiger partial charge in [-0.2, -0.15) is 4.98 Å². The minimum absolute atomic E-state index is 0.351. The van der Waals surface area contributed by atoms with E-state index in [-0.39, 0.29) is 0 Å². The molecule has 0 bridgehead atoms. The first-order chi connectivity index (χ1) is 9.10. The molecule has 2 aromatic rings. The topological polar surface area (TPSA) is 75.9 Å². The summed E-state index contributed by atoms with van der Waals surface area (Å²) < 4.78 is 0. The van der Waals surface area contributed by atoms with Crippen molar-refractivity contribution in [3.8, 4) is 0 Å². The van der Waals surface area contributed by atoms with Crippen LogP contribution < -0.4 is 16.6 Å². The van der Waals surface area contributed by atoms with Gasteiger partial charge in [-0.25, -0.2) is 10.8 Å². The van der Waals surface area contributed by atoms with Crippen molar-refractivity contribution >= 4 is 22.7 Å². The SMILES string of the molecule is CC(C)CC(C)Nc1nc(NN)nc2ccccc12. The zero-order chi connectivity index (χ0) is 13.8. The molecule has 1 unspecified atom stereocenters. The van der Waals surface area contributed by atoms with Gasteiger partial charge in [0.1, 0.15) is 5.82 Å². The number of nitrogens with two attached hydrogens (primary N) is 1. The van der Waals surface area contributed by atoms with Crippen LogP contribution in [0.25, 0.3) is 10.9 Å². The van der Waals surface area contributed by atoms with E-state index in [9.17, 15) is 0 Å². The number of nitrogens with one attached hydrogen (secondary N) is 2. The maximum absolute atomic E-state index is 5.42. The van der Waals surface area contributed by atoms with E-state index in [4.69, 9.17) is 5.84 Å². The number of rotatable bonds is 5. The fourth-order valence-corrected chi connectivity index (χ4v) is 2.25. The van der Waals surface area contributed by atoms with E-state index in [1.54, 1.807) is 0 Å². The van der Waals surface area contributed by atoms with E-state index in [0.717, 1.165) is 23.1 Å². The summed E-state index contributed by atoms with van der Waals surface area (Å²) in [6.45, 7) is 6.58. The molecule has 0 fully saturated rings. The summed E-state index contributed by atoms with van der Waals surface area (Å²) in [5.41, 5.74) is 3.39. The fourth-order valence-electron chi connectivity index (χ4n) is 2.25. The number of nitrogen functional groups attached to an aromatic ring is 1. The Morgan fingerprint density at radius 2 is 1.89 bits per heavy atom. The minimum atomic E-state index is 0.351. The van der Waals surface area contributed by atoms with Crippen molar-refractivity contribution < 1.29 is 0 Å². The highest BCUT2D eigenvalue weighted by Crippen LogP contribution is 2.23. The lowest BCUT2D eigenvalue weighted by Gasteiger charge is -2.18. The van der Waals surface area contributed by atoms with Crippen LogP contribution in [0.2, 0.25) is 0 Å². The Hall–Kier alpha value is -1.88. The summed E-state index contributed by atoms with van der Waals surface area (Å²) in [7, 11) is 0. The highest BCUT2D eigenvalue weighted by molar-refractivity contribution is 5.90. The molecule has 0 aliphatic carbocycles. The number of para-hydroxylation sites is 1. The molecule has 0 saturated carbocycles. The van der Waals surface area contributed by atoms with E-state index in [2.05, 4.69) is 41.5 Å². The Morgan fingerprint density at radius 3 is 2.58 bits per heavy atom. The second-order valence-electron chi connectivity index (χ2n) is 5.23. The van der Waals surface area contributed by atoms with Gasteiger partial charge in [0.15, 0.2) is 0 Å². The Balaban J connectivity index is 2.35. The molecular weight excluding hydrogens is 238 g/mol. The van der Waals surface area contributed by atoms with Gasteiger partial charge in [0.05, 0.1) is 5.52 Å². The number of hydrogen-bond donors (Lipinski definition) is 3. The standard InChI is InChI=1S/C14H21N5/c1-9(2)8-10(3)16-13-11-6-4-5-7-12(11)17-14(18-13)19-15/h4-7,9-10H,8,15H2,1-3H3,(H2,16,17,18,19). The monoisotopic (exact) mass is 259 g/mol. The van der Waals surface area contributed by atoms with Gasteiger partial charge in [-0.1, -0.05) is 26.0 Å². The molecule has 1 atom stereocenters. The molecule has 102 valence electrons. The number of fused-ring (bicyclic) bond motifs is 1. The number of aromatic nitrogens is 2. The maximum atomic E-state index is 5.42. The quantitative estimate of drug-likeness (QED) is 0.568. The zero-order valence-electron chi connectivity index (χ0n) is 11.6. The summed E-state index contributed by atoms with van der Waals surface area (Å²) in [4.78, 5) is 8.74. The first-order valence-corrected chi connectivity index (χ1v) is 6.60. The molecule has 1 aromatic heterocycles. The van der Waals surface area contributed by atoms with Crippen LogP contribution in [0.15, 0.2) is 24.3 Å². The van der Waals surface area contributed by atoms with Crippen LogP contribution in [0, 0.1) is 5.92 Å². The molecule has 2 rings (SSSR count). The molecule has 0 aliphatic heterocycles. The molecule has 0 amide bonds. The number of benzene rings is 1. The summed E-state index contributed by atoms with van der Waals surface area (Å²) in [5, 5.41) is 4.46. The molecule has 4 N–H and O–H groups in total. The number of hydrogen-bond acceptors (Lipinski definition) is 5. The fraction of sp³-hybridized carbons (Fsp3) is 0.429. The molecule has 19 heavy (non-hydrogen) atoms. The lowest BCUT2D eigenvalue weighted by molar-refractivity contribution is 0.539. The highest BCUT2D eigenvalue weighted by Gasteiger charge is 2.10. The molecular formula is C14H21N5. The second-order valence-corrected chi connectivity index (χ2v) is 5.23. The third-order valence-electron chi connectivity index (χ3n) is 2.94. The summed E-state index contributed by atoms with van der Waals surface area (Å²) in [6, 6.07) is 8.26. The largest absolute Gasteiger partial charge is 0.367 e. The minimum Gasteiger partial charge on any atom is -0.367 e. The van der Waals surface area contributed by atoms with Crippen molar-refractivity contribution in [2.75, 3.05) is 10.7 Å². The lowest BCUT2D eigenvalue weighted by atomic mass is 10.1. The van der Waals surface area contributed by atoms with Crippen molar-refractivity contribution in [2.24, 2.45) is 11.8 Å². The van der Waals surface area contributed by atoms with Gasteiger partial charge >= 0.3 is 0 Å². The van der Waals surface area contributed by atoms with Crippen molar-refractivity contribution in [3.63, 3.8) is 0 Å². The first-order valence-electron chi connectivity index (χ1n) is 6.60. The number of hydrazine groups is 1. The molecule has 0 saturated heterocycles. The van der Waals surface area contributed by atoms with Gasteiger partial charge in [0, 0.05) is 11.4 Å². The Morgan fingerprint density at radius 1 is 1.16 bits per heavy atom. The summed E-state index contributed by atoms with van der Waals surface area (Å²) in [6.07, 6.45) is 1.09. The Bertz CT molecular complexity index is 553. The van der Waals surface area contributed by atoms with Crippen molar-refractivity contribution in [1.29, 1.82) is 0 Å². The van der Waals surface area contributed by atoms with Gasteiger partial charge in [0.2, 0.25) is 5.95 Å². The van der Waals surface area contributed by atoms with Crippen LogP contribution in [-0.4, -0.2) is 16.0 Å². The molecule has 1 heterocycles. The van der Waals surface area contributed by atoms with E-state index in [1.165, 1.54) is 0 Å². The highest BCUT2D eigenvalue weighted by atomic mass is 15.3. The molecule has 0 spiro atoms. The molecule has 0 aliphatic rings. The predicted molar refractivity (Wildman–Crippen MR) is 79.9 cm³/mol. The maximum Gasteiger partial charge on any atom is 0.239 e. The lowest BCUT2D eigenvalue weighted by Crippen LogP contribution is -2.19. The van der Waals surface area contributed by atoms with Crippen LogP contribution >= 0.6 is 0 Å². The second kappa shape index (κ2) is 5.84. The molecule has 0 radical (unpaired) electrons. The van der Waals surface area contributed by atoms with Crippen LogP contribution in [-0.2, 0) is 0 Å². The van der Waals surface area contributed by atoms with Gasteiger partial charge in [-0.05, 0) is 31.4 Å². The summed E-state index contributed by atoms with van der Waals surface area (Å²) in [5.74, 6) is 7.31. The van der Waals surface area contributed by atoms with Gasteiger partial charge in [-0.15, -0.1) is 0 Å². The van der Waals surface area contributed by atoms with Crippen molar-refractivity contribution in [1.82, 2.24) is 9.97 Å². The van der Waals surface area contributed by atoms with E-state index >= 15 is 0 Å². The normalized spacial score (nSPS) is 12.7. The van der Waals surface area contributed by atoms with Gasteiger partial charge < -0.3 is 5.32 Å². The third-order valence-corrected chi connectivity index (χ3v) is 2.94. The van der Waals surface area contributed by atoms with Gasteiger partial charge in [-0.3, -0.25) is 5.43 Å². The van der Waals surface area contributed by atoms with E-state index < -0.39 is 0 Å². The van der Waals surface area contributed by atoms with Crippen LogP contribution in [0.3, 0.4) is 0 Å². The van der Waals surface area contributed by atoms with E-state index in [1.807, 2.05) is 24.3 Å². The van der Waals surface area contributed by atoms with Crippen molar-refractivity contribution in [2.45, 2.75) is 33.2 Å². The predicted octanol–water partition coefficient (Wildman–Crippen LogP) is 2.76. The average molecular weight is 259 g/mol. The third kappa shape index (κ3) is 3.32. The molecule has 5 heteroatoms. The van der Waals surface area contributed by atoms with E-state index in [0.29, 0.717) is 17.9 Å². The van der Waals surface area contributed by atoms with Gasteiger partial charge in [0.25, 0.3) is 0 Å².